The molecule has 10 nitrogen and oxygen atoms in total. The first-order chi connectivity index (χ1) is 13.4. The Morgan fingerprint density at radius 2 is 2.07 bits per heavy atom. The molecule has 1 unspecified atom stereocenters. The van der Waals surface area contributed by atoms with Gasteiger partial charge in [-0.05, 0) is 12.5 Å². The highest BCUT2D eigenvalue weighted by Gasteiger charge is 2.28. The van der Waals surface area contributed by atoms with Crippen LogP contribution < -0.4 is 10.6 Å². The van der Waals surface area contributed by atoms with Gasteiger partial charge in [-0.15, -0.1) is 0 Å². The topological polar surface area (TPSA) is 123 Å². The van der Waals surface area contributed by atoms with Crippen molar-refractivity contribution in [3.8, 4) is 11.5 Å². The van der Waals surface area contributed by atoms with Crippen LogP contribution in [-0.2, 0) is 4.79 Å². The highest BCUT2D eigenvalue weighted by molar-refractivity contribution is 5.90. The van der Waals surface area contributed by atoms with Crippen LogP contribution in [0, 0.1) is 0 Å². The SMILES string of the molecule is CC(=O)N(C)C1CCN(c2ccnc(-c3cnc4cnc(C(N)=O)cn34)n2)C1. The van der Waals surface area contributed by atoms with Crippen LogP contribution in [-0.4, -0.2) is 67.2 Å². The molecule has 0 aromatic carbocycles. The molecule has 0 aliphatic carbocycles. The number of carbonyl (C=O) groups excluding carboxylic acids is 2. The molecule has 4 rings (SSSR count). The molecule has 0 saturated carbocycles. The zero-order chi connectivity index (χ0) is 19.8. The quantitative estimate of drug-likeness (QED) is 0.692. The molecule has 10 heteroatoms. The van der Waals surface area contributed by atoms with Gasteiger partial charge >= 0.3 is 0 Å². The van der Waals surface area contributed by atoms with Crippen molar-refractivity contribution in [1.29, 1.82) is 0 Å². The lowest BCUT2D eigenvalue weighted by Gasteiger charge is -2.24. The lowest BCUT2D eigenvalue weighted by molar-refractivity contribution is -0.129. The minimum atomic E-state index is -0.617. The van der Waals surface area contributed by atoms with E-state index in [9.17, 15) is 9.59 Å². The maximum Gasteiger partial charge on any atom is 0.268 e. The minimum Gasteiger partial charge on any atom is -0.364 e. The Morgan fingerprint density at radius 1 is 1.25 bits per heavy atom. The summed E-state index contributed by atoms with van der Waals surface area (Å²) >= 11 is 0. The number of hydrogen-bond acceptors (Lipinski definition) is 7. The number of anilines is 1. The second-order valence-corrected chi connectivity index (χ2v) is 6.77. The maximum absolute atomic E-state index is 11.6. The number of rotatable bonds is 4. The average Bonchev–Trinajstić information content (AvgIpc) is 3.34. The molecule has 2 N–H and O–H groups in total. The fraction of sp³-hybridized carbons (Fsp3) is 0.333. The Morgan fingerprint density at radius 3 is 2.82 bits per heavy atom. The number of aromatic nitrogens is 5. The van der Waals surface area contributed by atoms with E-state index < -0.39 is 5.91 Å². The predicted molar refractivity (Wildman–Crippen MR) is 102 cm³/mol. The number of nitrogens with zero attached hydrogens (tertiary/aromatic N) is 7. The largest absolute Gasteiger partial charge is 0.364 e. The average molecular weight is 380 g/mol. The molecule has 3 aromatic rings. The van der Waals surface area contributed by atoms with Crippen molar-refractivity contribution in [2.45, 2.75) is 19.4 Å². The number of hydrogen-bond donors (Lipinski definition) is 1. The molecule has 1 aliphatic rings. The van der Waals surface area contributed by atoms with Crippen molar-refractivity contribution >= 4 is 23.3 Å². The number of likely N-dealkylation sites (N-methyl/N-ethyl adjacent to an activating group) is 1. The van der Waals surface area contributed by atoms with Gasteiger partial charge in [0, 0.05) is 39.5 Å². The van der Waals surface area contributed by atoms with Crippen LogP contribution in [0.15, 0.2) is 30.9 Å². The van der Waals surface area contributed by atoms with Crippen LogP contribution >= 0.6 is 0 Å². The highest BCUT2D eigenvalue weighted by atomic mass is 16.2. The molecular formula is C18H20N8O2. The van der Waals surface area contributed by atoms with E-state index in [0.29, 0.717) is 17.2 Å². The Hall–Kier alpha value is -3.56. The highest BCUT2D eigenvalue weighted by Crippen LogP contribution is 2.24. The molecule has 1 aliphatic heterocycles. The van der Waals surface area contributed by atoms with E-state index in [1.807, 2.05) is 13.1 Å². The van der Waals surface area contributed by atoms with Gasteiger partial charge in [0.1, 0.15) is 17.2 Å². The molecule has 2 amide bonds. The van der Waals surface area contributed by atoms with Gasteiger partial charge in [0.2, 0.25) is 5.91 Å². The fourth-order valence-electron chi connectivity index (χ4n) is 3.35. The molecule has 0 spiro atoms. The second kappa shape index (κ2) is 6.87. The predicted octanol–water partition coefficient (Wildman–Crippen LogP) is 0.342. The molecule has 1 atom stereocenters. The first-order valence-electron chi connectivity index (χ1n) is 8.88. The van der Waals surface area contributed by atoms with Crippen LogP contribution in [0.4, 0.5) is 5.82 Å². The van der Waals surface area contributed by atoms with Crippen LogP contribution in [0.25, 0.3) is 17.2 Å². The van der Waals surface area contributed by atoms with Crippen molar-refractivity contribution in [2.75, 3.05) is 25.0 Å². The number of fused-ring (bicyclic) bond motifs is 1. The van der Waals surface area contributed by atoms with Gasteiger partial charge in [-0.3, -0.25) is 14.0 Å². The third-order valence-corrected chi connectivity index (χ3v) is 5.05. The zero-order valence-electron chi connectivity index (χ0n) is 15.6. The first-order valence-corrected chi connectivity index (χ1v) is 8.88. The number of carbonyl (C=O) groups is 2. The third-order valence-electron chi connectivity index (χ3n) is 5.05. The standard InChI is InChI=1S/C18H20N8O2/c1-11(27)24(2)12-4-6-25(9-12)15-3-5-20-18(23-15)14-7-22-16-8-21-13(17(19)28)10-26(14)16/h3,5,7-8,10,12H,4,6,9H2,1-2H3,(H2,19,28). The van der Waals surface area contributed by atoms with E-state index in [4.69, 9.17) is 5.73 Å². The lowest BCUT2D eigenvalue weighted by Crippen LogP contribution is -2.37. The Labute approximate surface area is 161 Å². The molecule has 144 valence electrons. The summed E-state index contributed by atoms with van der Waals surface area (Å²) in [6.07, 6.45) is 7.23. The summed E-state index contributed by atoms with van der Waals surface area (Å²) in [7, 11) is 1.82. The van der Waals surface area contributed by atoms with E-state index >= 15 is 0 Å². The first kappa shape index (κ1) is 17.8. The van der Waals surface area contributed by atoms with Gasteiger partial charge in [-0.25, -0.2) is 19.9 Å². The lowest BCUT2D eigenvalue weighted by atomic mass is 10.2. The zero-order valence-corrected chi connectivity index (χ0v) is 15.6. The molecular weight excluding hydrogens is 360 g/mol. The van der Waals surface area contributed by atoms with Crippen molar-refractivity contribution in [1.82, 2.24) is 29.2 Å². The minimum absolute atomic E-state index is 0.0554. The summed E-state index contributed by atoms with van der Waals surface area (Å²) in [6, 6.07) is 2.01. The van der Waals surface area contributed by atoms with Crippen molar-refractivity contribution in [3.63, 3.8) is 0 Å². The van der Waals surface area contributed by atoms with E-state index in [2.05, 4.69) is 24.8 Å². The summed E-state index contributed by atoms with van der Waals surface area (Å²) in [5.74, 6) is 0.701. The molecule has 0 radical (unpaired) electrons. The van der Waals surface area contributed by atoms with Crippen molar-refractivity contribution in [3.05, 3.63) is 36.5 Å². The molecule has 0 bridgehead atoms. The second-order valence-electron chi connectivity index (χ2n) is 6.77. The number of imidazole rings is 1. The summed E-state index contributed by atoms with van der Waals surface area (Å²) in [5, 5.41) is 0. The monoisotopic (exact) mass is 380 g/mol. The number of amides is 2. The van der Waals surface area contributed by atoms with Crippen LogP contribution in [0.2, 0.25) is 0 Å². The van der Waals surface area contributed by atoms with E-state index in [0.717, 1.165) is 25.3 Å². The summed E-state index contributed by atoms with van der Waals surface area (Å²) < 4.78 is 1.70. The Balaban J connectivity index is 1.65. The van der Waals surface area contributed by atoms with E-state index in [1.165, 1.54) is 12.4 Å². The van der Waals surface area contributed by atoms with Crippen molar-refractivity contribution < 1.29 is 9.59 Å². The van der Waals surface area contributed by atoms with E-state index in [1.54, 1.807) is 28.6 Å². The number of nitrogens with two attached hydrogens (primary N) is 1. The maximum atomic E-state index is 11.6. The number of primary amides is 1. The van der Waals surface area contributed by atoms with Gasteiger partial charge < -0.3 is 15.5 Å². The van der Waals surface area contributed by atoms with Crippen LogP contribution in [0.3, 0.4) is 0 Å². The normalized spacial score (nSPS) is 16.5. The summed E-state index contributed by atoms with van der Waals surface area (Å²) in [6.45, 7) is 3.10. The van der Waals surface area contributed by atoms with Gasteiger partial charge in [0.05, 0.1) is 18.4 Å². The van der Waals surface area contributed by atoms with Crippen LogP contribution in [0.1, 0.15) is 23.8 Å². The van der Waals surface area contributed by atoms with Gasteiger partial charge in [0.25, 0.3) is 5.91 Å². The van der Waals surface area contributed by atoms with Gasteiger partial charge in [-0.1, -0.05) is 0 Å². The van der Waals surface area contributed by atoms with Crippen molar-refractivity contribution in [2.24, 2.45) is 5.73 Å². The molecule has 1 saturated heterocycles. The third kappa shape index (κ3) is 3.13. The fourth-order valence-corrected chi connectivity index (χ4v) is 3.35. The molecule has 1 fully saturated rings. The van der Waals surface area contributed by atoms with Gasteiger partial charge in [0.15, 0.2) is 11.5 Å². The summed E-state index contributed by atoms with van der Waals surface area (Å²) in [5.41, 5.74) is 6.67. The Bertz CT molecular complexity index is 1060. The van der Waals surface area contributed by atoms with E-state index in [-0.39, 0.29) is 17.6 Å². The smallest absolute Gasteiger partial charge is 0.268 e. The molecule has 4 heterocycles. The summed E-state index contributed by atoms with van der Waals surface area (Å²) in [4.78, 5) is 44.3. The molecule has 28 heavy (non-hydrogen) atoms. The Kier molecular flexibility index (Phi) is 4.38. The molecule has 3 aromatic heterocycles. The van der Waals surface area contributed by atoms with Gasteiger partial charge in [-0.2, -0.15) is 0 Å². The van der Waals surface area contributed by atoms with Crippen LogP contribution in [0.5, 0.6) is 0 Å².